The summed E-state index contributed by atoms with van der Waals surface area (Å²) in [6.07, 6.45) is 5.27. The molecule has 1 heteroatoms. The molecule has 1 rings (SSSR count). The van der Waals surface area contributed by atoms with Crippen LogP contribution in [0.1, 0.15) is 32.6 Å². The maximum Gasteiger partial charge on any atom is 0.0461 e. The molecule has 2 atom stereocenters. The summed E-state index contributed by atoms with van der Waals surface area (Å²) >= 11 is 0. The second-order valence-electron chi connectivity index (χ2n) is 3.20. The molecule has 1 nitrogen and oxygen atoms in total. The summed E-state index contributed by atoms with van der Waals surface area (Å²) in [5, 5.41) is 8.86. The molecule has 0 amide bonds. The van der Waals surface area contributed by atoms with Crippen molar-refractivity contribution < 1.29 is 5.11 Å². The lowest BCUT2D eigenvalue weighted by molar-refractivity contribution is 0.144. The van der Waals surface area contributed by atoms with Crippen LogP contribution in [0.4, 0.5) is 0 Å². The van der Waals surface area contributed by atoms with Crippen molar-refractivity contribution in [1.29, 1.82) is 0 Å². The van der Waals surface area contributed by atoms with Crippen molar-refractivity contribution in [2.45, 2.75) is 32.6 Å². The van der Waals surface area contributed by atoms with Gasteiger partial charge in [-0.1, -0.05) is 26.2 Å². The van der Waals surface area contributed by atoms with E-state index in [-0.39, 0.29) is 0 Å². The summed E-state index contributed by atoms with van der Waals surface area (Å²) in [6.45, 7) is 2.65. The molecule has 0 aromatic carbocycles. The van der Waals surface area contributed by atoms with Crippen LogP contribution in [0.3, 0.4) is 0 Å². The highest BCUT2D eigenvalue weighted by Crippen LogP contribution is 2.28. The molecule has 0 heterocycles. The van der Waals surface area contributed by atoms with E-state index in [0.717, 1.165) is 5.92 Å². The van der Waals surface area contributed by atoms with Crippen LogP contribution < -0.4 is 0 Å². The Hall–Kier alpha value is -0.0400. The molecule has 0 unspecified atom stereocenters. The third kappa shape index (κ3) is 1.68. The van der Waals surface area contributed by atoms with E-state index in [1.165, 1.54) is 25.7 Å². The standard InChI is InChI=1S/C8H16O/c1-7-4-2-3-5-8(7)6-9/h7-9H,2-6H2,1H3/t7-,8-/m0/s1. The van der Waals surface area contributed by atoms with E-state index in [4.69, 9.17) is 5.11 Å². The van der Waals surface area contributed by atoms with Crippen LogP contribution in [0.25, 0.3) is 0 Å². The van der Waals surface area contributed by atoms with Crippen molar-refractivity contribution in [1.82, 2.24) is 0 Å². The lowest BCUT2D eigenvalue weighted by atomic mass is 9.81. The molecule has 0 aliphatic heterocycles. The molecular weight excluding hydrogens is 112 g/mol. The topological polar surface area (TPSA) is 20.2 Å². The zero-order valence-electron chi connectivity index (χ0n) is 6.14. The lowest BCUT2D eigenvalue weighted by Crippen LogP contribution is -2.19. The fourth-order valence-corrected chi connectivity index (χ4v) is 1.66. The van der Waals surface area contributed by atoms with Crippen LogP contribution in [-0.2, 0) is 0 Å². The summed E-state index contributed by atoms with van der Waals surface area (Å²) in [6, 6.07) is 0. The van der Waals surface area contributed by atoms with Crippen molar-refractivity contribution in [3.8, 4) is 0 Å². The first kappa shape index (κ1) is 7.07. The van der Waals surface area contributed by atoms with Gasteiger partial charge < -0.3 is 5.11 Å². The van der Waals surface area contributed by atoms with E-state index in [1.54, 1.807) is 0 Å². The van der Waals surface area contributed by atoms with Gasteiger partial charge in [-0.05, 0) is 18.3 Å². The fraction of sp³-hybridized carbons (Fsp3) is 1.00. The van der Waals surface area contributed by atoms with Gasteiger partial charge in [-0.2, -0.15) is 0 Å². The molecule has 0 saturated heterocycles. The van der Waals surface area contributed by atoms with Crippen LogP contribution >= 0.6 is 0 Å². The van der Waals surface area contributed by atoms with Gasteiger partial charge in [-0.15, -0.1) is 0 Å². The summed E-state index contributed by atoms with van der Waals surface area (Å²) in [5.74, 6) is 1.38. The number of hydrogen-bond acceptors (Lipinski definition) is 1. The number of aliphatic hydroxyl groups is 1. The minimum Gasteiger partial charge on any atom is -0.396 e. The highest BCUT2D eigenvalue weighted by Gasteiger charge is 2.19. The molecule has 54 valence electrons. The maximum atomic E-state index is 8.86. The van der Waals surface area contributed by atoms with Crippen LogP contribution in [0, 0.1) is 11.8 Å². The normalized spacial score (nSPS) is 36.7. The zero-order valence-corrected chi connectivity index (χ0v) is 6.14. The Kier molecular flexibility index (Phi) is 2.52. The van der Waals surface area contributed by atoms with E-state index in [2.05, 4.69) is 6.92 Å². The molecule has 0 radical (unpaired) electrons. The van der Waals surface area contributed by atoms with Gasteiger partial charge in [0, 0.05) is 6.61 Å². The van der Waals surface area contributed by atoms with Gasteiger partial charge in [0.1, 0.15) is 0 Å². The molecule has 1 N–H and O–H groups in total. The molecule has 0 aromatic heterocycles. The highest BCUT2D eigenvalue weighted by atomic mass is 16.3. The molecule has 0 spiro atoms. The zero-order chi connectivity index (χ0) is 6.69. The summed E-state index contributed by atoms with van der Waals surface area (Å²) in [5.41, 5.74) is 0. The van der Waals surface area contributed by atoms with Crippen LogP contribution in [0.15, 0.2) is 0 Å². The molecule has 0 aromatic rings. The second-order valence-corrected chi connectivity index (χ2v) is 3.20. The first-order valence-corrected chi connectivity index (χ1v) is 3.95. The van der Waals surface area contributed by atoms with Crippen molar-refractivity contribution in [2.24, 2.45) is 11.8 Å². The van der Waals surface area contributed by atoms with Crippen molar-refractivity contribution in [2.75, 3.05) is 6.61 Å². The van der Waals surface area contributed by atoms with Crippen molar-refractivity contribution in [3.05, 3.63) is 0 Å². The van der Waals surface area contributed by atoms with Gasteiger partial charge in [0.05, 0.1) is 0 Å². The van der Waals surface area contributed by atoms with Gasteiger partial charge in [-0.3, -0.25) is 0 Å². The van der Waals surface area contributed by atoms with Crippen molar-refractivity contribution in [3.63, 3.8) is 0 Å². The van der Waals surface area contributed by atoms with Gasteiger partial charge in [0.25, 0.3) is 0 Å². The number of hydrogen-bond donors (Lipinski definition) is 1. The molecule has 1 fully saturated rings. The first-order chi connectivity index (χ1) is 4.34. The Morgan fingerprint density at radius 2 is 2.00 bits per heavy atom. The minimum atomic E-state index is 0.404. The van der Waals surface area contributed by atoms with Gasteiger partial charge in [0.2, 0.25) is 0 Å². The summed E-state index contributed by atoms with van der Waals surface area (Å²) in [4.78, 5) is 0. The smallest absolute Gasteiger partial charge is 0.0461 e. The summed E-state index contributed by atoms with van der Waals surface area (Å²) in [7, 11) is 0. The van der Waals surface area contributed by atoms with Crippen LogP contribution in [0.5, 0.6) is 0 Å². The molecule has 0 bridgehead atoms. The Morgan fingerprint density at radius 3 is 2.44 bits per heavy atom. The molecule has 1 aliphatic rings. The Balaban J connectivity index is 2.30. The quantitative estimate of drug-likeness (QED) is 0.571. The average molecular weight is 128 g/mol. The molecule has 9 heavy (non-hydrogen) atoms. The third-order valence-electron chi connectivity index (χ3n) is 2.52. The summed E-state index contributed by atoms with van der Waals surface area (Å²) < 4.78 is 0. The van der Waals surface area contributed by atoms with Crippen molar-refractivity contribution >= 4 is 0 Å². The average Bonchev–Trinajstić information content (AvgIpc) is 1.89. The fourth-order valence-electron chi connectivity index (χ4n) is 1.66. The predicted octanol–water partition coefficient (Wildman–Crippen LogP) is 1.81. The van der Waals surface area contributed by atoms with E-state index in [9.17, 15) is 0 Å². The van der Waals surface area contributed by atoms with Gasteiger partial charge >= 0.3 is 0 Å². The van der Waals surface area contributed by atoms with E-state index in [0.29, 0.717) is 12.5 Å². The Bertz CT molecular complexity index is 80.6. The van der Waals surface area contributed by atoms with Crippen LogP contribution in [0.2, 0.25) is 0 Å². The first-order valence-electron chi connectivity index (χ1n) is 3.95. The van der Waals surface area contributed by atoms with E-state index >= 15 is 0 Å². The second kappa shape index (κ2) is 3.21. The molecular formula is C8H16O. The molecule has 1 aliphatic carbocycles. The molecule has 1 saturated carbocycles. The Morgan fingerprint density at radius 1 is 1.33 bits per heavy atom. The minimum absolute atomic E-state index is 0.404. The van der Waals surface area contributed by atoms with Gasteiger partial charge in [-0.25, -0.2) is 0 Å². The number of aliphatic hydroxyl groups excluding tert-OH is 1. The predicted molar refractivity (Wildman–Crippen MR) is 38.2 cm³/mol. The monoisotopic (exact) mass is 128 g/mol. The SMILES string of the molecule is C[C@H]1CCCC[C@H]1CO. The lowest BCUT2D eigenvalue weighted by Gasteiger charge is -2.26. The van der Waals surface area contributed by atoms with Crippen LogP contribution in [-0.4, -0.2) is 11.7 Å². The largest absolute Gasteiger partial charge is 0.396 e. The van der Waals surface area contributed by atoms with E-state index in [1.807, 2.05) is 0 Å². The Labute approximate surface area is 57.1 Å². The van der Waals surface area contributed by atoms with E-state index < -0.39 is 0 Å². The van der Waals surface area contributed by atoms with Gasteiger partial charge in [0.15, 0.2) is 0 Å². The highest BCUT2D eigenvalue weighted by molar-refractivity contribution is 4.70. The maximum absolute atomic E-state index is 8.86. The number of rotatable bonds is 1. The third-order valence-corrected chi connectivity index (χ3v) is 2.52.